The zero-order valence-electron chi connectivity index (χ0n) is 8.95. The SMILES string of the molecule is C1=C2C(CCC3CC23)Cc2ccccc21. The van der Waals surface area contributed by atoms with Gasteiger partial charge in [0.25, 0.3) is 0 Å². The van der Waals surface area contributed by atoms with Gasteiger partial charge in [0.2, 0.25) is 0 Å². The fraction of sp³-hybridized carbons (Fsp3) is 0.467. The Labute approximate surface area is 91.0 Å². The number of benzene rings is 1. The van der Waals surface area contributed by atoms with E-state index in [9.17, 15) is 0 Å². The van der Waals surface area contributed by atoms with Crippen molar-refractivity contribution in [3.05, 3.63) is 41.0 Å². The Morgan fingerprint density at radius 1 is 1.07 bits per heavy atom. The molecule has 0 saturated heterocycles. The minimum Gasteiger partial charge on any atom is -0.0628 e. The summed E-state index contributed by atoms with van der Waals surface area (Å²) < 4.78 is 0. The maximum absolute atomic E-state index is 2.51. The Balaban J connectivity index is 1.82. The molecule has 0 aromatic heterocycles. The average Bonchev–Trinajstić information content (AvgIpc) is 3.06. The van der Waals surface area contributed by atoms with E-state index in [4.69, 9.17) is 0 Å². The Hall–Kier alpha value is -1.04. The summed E-state index contributed by atoms with van der Waals surface area (Å²) in [6.45, 7) is 0. The van der Waals surface area contributed by atoms with Crippen LogP contribution < -0.4 is 0 Å². The summed E-state index contributed by atoms with van der Waals surface area (Å²) in [4.78, 5) is 0. The topological polar surface area (TPSA) is 0 Å². The first kappa shape index (κ1) is 8.15. The van der Waals surface area contributed by atoms with Crippen LogP contribution in [0.3, 0.4) is 0 Å². The van der Waals surface area contributed by atoms with Crippen LogP contribution in [-0.2, 0) is 6.42 Å². The molecule has 3 unspecified atom stereocenters. The smallest absolute Gasteiger partial charge is 0.0156 e. The van der Waals surface area contributed by atoms with Crippen LogP contribution in [0.2, 0.25) is 0 Å². The molecule has 0 spiro atoms. The van der Waals surface area contributed by atoms with Gasteiger partial charge in [-0.1, -0.05) is 35.9 Å². The van der Waals surface area contributed by atoms with Crippen molar-refractivity contribution in [1.82, 2.24) is 0 Å². The molecule has 2 fully saturated rings. The van der Waals surface area contributed by atoms with E-state index in [1.807, 2.05) is 0 Å². The summed E-state index contributed by atoms with van der Waals surface area (Å²) >= 11 is 0. The van der Waals surface area contributed by atoms with Crippen LogP contribution in [0.15, 0.2) is 29.8 Å². The van der Waals surface area contributed by atoms with E-state index >= 15 is 0 Å². The number of fused-ring (bicyclic) bond motifs is 4. The first-order valence-electron chi connectivity index (χ1n) is 6.21. The summed E-state index contributed by atoms with van der Waals surface area (Å²) in [7, 11) is 0. The van der Waals surface area contributed by atoms with Gasteiger partial charge in [-0.2, -0.15) is 0 Å². The van der Waals surface area contributed by atoms with E-state index in [1.165, 1.54) is 31.2 Å². The highest BCUT2D eigenvalue weighted by molar-refractivity contribution is 5.62. The van der Waals surface area contributed by atoms with E-state index in [2.05, 4.69) is 30.3 Å². The molecule has 1 aromatic carbocycles. The maximum Gasteiger partial charge on any atom is -0.0156 e. The van der Waals surface area contributed by atoms with E-state index in [-0.39, 0.29) is 0 Å². The zero-order chi connectivity index (χ0) is 9.83. The molecule has 0 aliphatic heterocycles. The Morgan fingerprint density at radius 2 is 2.00 bits per heavy atom. The van der Waals surface area contributed by atoms with Gasteiger partial charge in [-0.25, -0.2) is 0 Å². The molecule has 76 valence electrons. The molecule has 3 aliphatic rings. The van der Waals surface area contributed by atoms with Crippen molar-refractivity contribution >= 4 is 6.08 Å². The van der Waals surface area contributed by atoms with Crippen molar-refractivity contribution in [3.8, 4) is 0 Å². The normalized spacial score (nSPS) is 36.0. The first-order valence-corrected chi connectivity index (χ1v) is 6.21. The highest BCUT2D eigenvalue weighted by Gasteiger charge is 2.46. The summed E-state index contributed by atoms with van der Waals surface area (Å²) in [5, 5.41) is 0. The minimum atomic E-state index is 0.892. The molecule has 0 bridgehead atoms. The molecular weight excluding hydrogens is 180 g/mol. The number of hydrogen-bond donors (Lipinski definition) is 0. The Kier molecular flexibility index (Phi) is 1.49. The largest absolute Gasteiger partial charge is 0.0628 e. The number of hydrogen-bond acceptors (Lipinski definition) is 0. The molecule has 0 amide bonds. The standard InChI is InChI=1S/C15H16/c1-2-4-11-8-14-12(7-10(11)3-1)5-6-13-9-15(13)14/h1-4,8,12-13,15H,5-7,9H2. The fourth-order valence-corrected chi connectivity index (χ4v) is 3.61. The highest BCUT2D eigenvalue weighted by Crippen LogP contribution is 2.56. The van der Waals surface area contributed by atoms with Gasteiger partial charge in [-0.3, -0.25) is 0 Å². The number of allylic oxidation sites excluding steroid dienone is 1. The fourth-order valence-electron chi connectivity index (χ4n) is 3.61. The lowest BCUT2D eigenvalue weighted by Crippen LogP contribution is -2.18. The molecule has 4 rings (SSSR count). The molecule has 0 radical (unpaired) electrons. The molecule has 1 aromatic rings. The third kappa shape index (κ3) is 1.14. The van der Waals surface area contributed by atoms with Gasteiger partial charge in [0.05, 0.1) is 0 Å². The number of rotatable bonds is 0. The van der Waals surface area contributed by atoms with Crippen LogP contribution in [0.5, 0.6) is 0 Å². The predicted molar refractivity (Wildman–Crippen MR) is 62.4 cm³/mol. The van der Waals surface area contributed by atoms with Crippen LogP contribution in [0.25, 0.3) is 6.08 Å². The van der Waals surface area contributed by atoms with Crippen LogP contribution >= 0.6 is 0 Å². The van der Waals surface area contributed by atoms with Crippen molar-refractivity contribution in [3.63, 3.8) is 0 Å². The molecule has 0 heterocycles. The van der Waals surface area contributed by atoms with E-state index < -0.39 is 0 Å². The lowest BCUT2D eigenvalue weighted by atomic mass is 9.75. The van der Waals surface area contributed by atoms with Crippen LogP contribution in [-0.4, -0.2) is 0 Å². The monoisotopic (exact) mass is 196 g/mol. The van der Waals surface area contributed by atoms with Crippen LogP contribution in [0.1, 0.15) is 30.4 Å². The molecule has 0 N–H and O–H groups in total. The first-order chi connectivity index (χ1) is 7.42. The van der Waals surface area contributed by atoms with Crippen molar-refractivity contribution in [2.45, 2.75) is 25.7 Å². The summed E-state index contributed by atoms with van der Waals surface area (Å²) in [6, 6.07) is 8.94. The third-order valence-electron chi connectivity index (χ3n) is 4.55. The van der Waals surface area contributed by atoms with Crippen molar-refractivity contribution in [2.75, 3.05) is 0 Å². The van der Waals surface area contributed by atoms with Gasteiger partial charge < -0.3 is 0 Å². The summed E-state index contributed by atoms with van der Waals surface area (Å²) in [5.41, 5.74) is 4.87. The molecule has 2 saturated carbocycles. The Bertz CT molecular complexity index is 441. The second-order valence-corrected chi connectivity index (χ2v) is 5.42. The summed E-state index contributed by atoms with van der Waals surface area (Å²) in [6.07, 6.45) is 8.25. The van der Waals surface area contributed by atoms with Crippen LogP contribution in [0.4, 0.5) is 0 Å². The third-order valence-corrected chi connectivity index (χ3v) is 4.55. The highest BCUT2D eigenvalue weighted by atomic mass is 14.5. The quantitative estimate of drug-likeness (QED) is 0.594. The van der Waals surface area contributed by atoms with E-state index in [0.29, 0.717) is 0 Å². The predicted octanol–water partition coefficient (Wildman–Crippen LogP) is 3.67. The van der Waals surface area contributed by atoms with Crippen molar-refractivity contribution in [2.24, 2.45) is 17.8 Å². The van der Waals surface area contributed by atoms with Crippen LogP contribution in [0, 0.1) is 17.8 Å². The van der Waals surface area contributed by atoms with Gasteiger partial charge in [0.15, 0.2) is 0 Å². The van der Waals surface area contributed by atoms with Gasteiger partial charge >= 0.3 is 0 Å². The average molecular weight is 196 g/mol. The van der Waals surface area contributed by atoms with Gasteiger partial charge in [0, 0.05) is 0 Å². The van der Waals surface area contributed by atoms with E-state index in [0.717, 1.165) is 17.8 Å². The molecule has 0 heteroatoms. The molecule has 3 aliphatic carbocycles. The molecular formula is C15H16. The van der Waals surface area contributed by atoms with Gasteiger partial charge in [-0.15, -0.1) is 0 Å². The lowest BCUT2D eigenvalue weighted by Gasteiger charge is -2.29. The maximum atomic E-state index is 2.51. The minimum absolute atomic E-state index is 0.892. The van der Waals surface area contributed by atoms with Crippen molar-refractivity contribution < 1.29 is 0 Å². The lowest BCUT2D eigenvalue weighted by molar-refractivity contribution is 0.435. The zero-order valence-corrected chi connectivity index (χ0v) is 8.95. The molecule has 15 heavy (non-hydrogen) atoms. The van der Waals surface area contributed by atoms with Gasteiger partial charge in [0.1, 0.15) is 0 Å². The van der Waals surface area contributed by atoms with Gasteiger partial charge in [-0.05, 0) is 54.6 Å². The van der Waals surface area contributed by atoms with E-state index in [1.54, 1.807) is 11.1 Å². The molecule has 0 nitrogen and oxygen atoms in total. The van der Waals surface area contributed by atoms with Crippen molar-refractivity contribution in [1.29, 1.82) is 0 Å². The summed E-state index contributed by atoms with van der Waals surface area (Å²) in [5.74, 6) is 2.94. The Morgan fingerprint density at radius 3 is 3.00 bits per heavy atom. The molecule has 3 atom stereocenters. The second-order valence-electron chi connectivity index (χ2n) is 5.42. The second kappa shape index (κ2) is 2.75.